The van der Waals surface area contributed by atoms with E-state index in [-0.39, 0.29) is 5.56 Å². The molecule has 1 aromatic rings. The second-order valence-corrected chi connectivity index (χ2v) is 3.78. The molecule has 0 heterocycles. The fraction of sp³-hybridized carbons (Fsp3) is 0.250. The summed E-state index contributed by atoms with van der Waals surface area (Å²) in [6.45, 7) is 6.13. The summed E-state index contributed by atoms with van der Waals surface area (Å²) in [7, 11) is 1.74. The van der Waals surface area contributed by atoms with Gasteiger partial charge in [-0.1, -0.05) is 12.2 Å². The number of carboxylic acid groups (broad SMARTS) is 1. The predicted molar refractivity (Wildman–Crippen MR) is 61.4 cm³/mol. The highest BCUT2D eigenvalue weighted by Crippen LogP contribution is 2.21. The summed E-state index contributed by atoms with van der Waals surface area (Å²) in [4.78, 5) is 12.7. The van der Waals surface area contributed by atoms with Gasteiger partial charge in [0.25, 0.3) is 0 Å². The van der Waals surface area contributed by atoms with Crippen LogP contribution in [0.1, 0.15) is 17.3 Å². The smallest absolute Gasteiger partial charge is 0.337 e. The van der Waals surface area contributed by atoms with Crippen molar-refractivity contribution in [2.24, 2.45) is 0 Å². The van der Waals surface area contributed by atoms with Crippen molar-refractivity contribution in [3.05, 3.63) is 41.7 Å². The van der Waals surface area contributed by atoms with Crippen LogP contribution in [-0.4, -0.2) is 24.7 Å². The van der Waals surface area contributed by atoms with E-state index in [9.17, 15) is 9.18 Å². The Morgan fingerprint density at radius 1 is 1.56 bits per heavy atom. The number of rotatable bonds is 4. The Labute approximate surface area is 93.8 Å². The topological polar surface area (TPSA) is 40.5 Å². The van der Waals surface area contributed by atoms with Gasteiger partial charge in [0.1, 0.15) is 5.82 Å². The van der Waals surface area contributed by atoms with Crippen molar-refractivity contribution in [3.63, 3.8) is 0 Å². The zero-order chi connectivity index (χ0) is 12.3. The predicted octanol–water partition coefficient (Wildman–Crippen LogP) is 2.54. The lowest BCUT2D eigenvalue weighted by atomic mass is 10.1. The summed E-state index contributed by atoms with van der Waals surface area (Å²) in [6.07, 6.45) is 0. The molecule has 0 aromatic heterocycles. The maximum atomic E-state index is 12.9. The average Bonchev–Trinajstić information content (AvgIpc) is 2.16. The molecular weight excluding hydrogens is 209 g/mol. The number of halogens is 1. The first-order chi connectivity index (χ1) is 7.41. The van der Waals surface area contributed by atoms with Crippen LogP contribution in [0.25, 0.3) is 0 Å². The molecule has 0 unspecified atom stereocenters. The van der Waals surface area contributed by atoms with Crippen LogP contribution >= 0.6 is 0 Å². The second-order valence-electron chi connectivity index (χ2n) is 3.78. The fourth-order valence-corrected chi connectivity index (χ4v) is 1.50. The Morgan fingerprint density at radius 3 is 2.69 bits per heavy atom. The Morgan fingerprint density at radius 2 is 2.19 bits per heavy atom. The molecule has 0 fully saturated rings. The van der Waals surface area contributed by atoms with Crippen molar-refractivity contribution in [2.45, 2.75) is 6.92 Å². The maximum Gasteiger partial charge on any atom is 0.337 e. The lowest BCUT2D eigenvalue weighted by molar-refractivity contribution is 0.0697. The molecule has 1 rings (SSSR count). The summed E-state index contributed by atoms with van der Waals surface area (Å²) in [5, 5.41) is 8.96. The lowest BCUT2D eigenvalue weighted by Crippen LogP contribution is -2.21. The lowest BCUT2D eigenvalue weighted by Gasteiger charge is -2.21. The van der Waals surface area contributed by atoms with E-state index in [1.54, 1.807) is 11.9 Å². The second kappa shape index (κ2) is 4.79. The molecule has 0 bridgehead atoms. The van der Waals surface area contributed by atoms with Gasteiger partial charge < -0.3 is 10.0 Å². The van der Waals surface area contributed by atoms with Crippen LogP contribution in [0.3, 0.4) is 0 Å². The molecule has 1 N–H and O–H groups in total. The van der Waals surface area contributed by atoms with Crippen molar-refractivity contribution in [1.82, 2.24) is 0 Å². The first-order valence-electron chi connectivity index (χ1n) is 4.80. The molecule has 0 atom stereocenters. The molecule has 1 aromatic carbocycles. The zero-order valence-corrected chi connectivity index (χ0v) is 9.33. The molecule has 0 amide bonds. The van der Waals surface area contributed by atoms with Crippen LogP contribution < -0.4 is 4.90 Å². The summed E-state index contributed by atoms with van der Waals surface area (Å²) in [5.74, 6) is -1.69. The van der Waals surface area contributed by atoms with E-state index in [0.717, 1.165) is 11.6 Å². The minimum absolute atomic E-state index is 0.0382. The maximum absolute atomic E-state index is 12.9. The molecule has 3 nitrogen and oxygen atoms in total. The molecule has 0 aliphatic carbocycles. The first-order valence-corrected chi connectivity index (χ1v) is 4.80. The number of carbonyl (C=O) groups is 1. The number of hydrogen-bond donors (Lipinski definition) is 1. The highest BCUT2D eigenvalue weighted by atomic mass is 19.1. The summed E-state index contributed by atoms with van der Waals surface area (Å²) >= 11 is 0. The van der Waals surface area contributed by atoms with E-state index in [2.05, 4.69) is 6.58 Å². The minimum Gasteiger partial charge on any atom is -0.478 e. The Hall–Kier alpha value is -1.84. The molecule has 0 saturated carbocycles. The van der Waals surface area contributed by atoms with Gasteiger partial charge in [0.15, 0.2) is 0 Å². The van der Waals surface area contributed by atoms with Gasteiger partial charge in [0, 0.05) is 13.6 Å². The normalized spacial score (nSPS) is 9.94. The highest BCUT2D eigenvalue weighted by molar-refractivity contribution is 5.94. The molecular formula is C12H14FNO2. The van der Waals surface area contributed by atoms with Gasteiger partial charge in [-0.25, -0.2) is 9.18 Å². The Bertz CT molecular complexity index is 429. The zero-order valence-electron chi connectivity index (χ0n) is 9.33. The van der Waals surface area contributed by atoms with E-state index < -0.39 is 11.8 Å². The van der Waals surface area contributed by atoms with Gasteiger partial charge in [-0.05, 0) is 25.1 Å². The Balaban J connectivity index is 3.12. The third-order valence-electron chi connectivity index (χ3n) is 2.11. The monoisotopic (exact) mass is 223 g/mol. The Kier molecular flexibility index (Phi) is 3.66. The largest absolute Gasteiger partial charge is 0.478 e. The van der Waals surface area contributed by atoms with E-state index in [1.807, 2.05) is 6.92 Å². The van der Waals surface area contributed by atoms with Crippen molar-refractivity contribution in [1.29, 1.82) is 0 Å². The van der Waals surface area contributed by atoms with Gasteiger partial charge in [-0.15, -0.1) is 0 Å². The SMILES string of the molecule is C=C(C)CN(C)c1ccc(F)cc1C(=O)O. The molecule has 0 saturated heterocycles. The molecule has 86 valence electrons. The molecule has 16 heavy (non-hydrogen) atoms. The van der Waals surface area contributed by atoms with Crippen molar-refractivity contribution in [2.75, 3.05) is 18.5 Å². The highest BCUT2D eigenvalue weighted by Gasteiger charge is 2.14. The number of hydrogen-bond acceptors (Lipinski definition) is 2. The van der Waals surface area contributed by atoms with Crippen molar-refractivity contribution >= 4 is 11.7 Å². The molecule has 0 radical (unpaired) electrons. The number of nitrogens with zero attached hydrogens (tertiary/aromatic N) is 1. The number of carboxylic acids is 1. The number of anilines is 1. The van der Waals surface area contributed by atoms with E-state index in [4.69, 9.17) is 5.11 Å². The first kappa shape index (κ1) is 12.2. The standard InChI is InChI=1S/C12H14FNO2/c1-8(2)7-14(3)11-5-4-9(13)6-10(11)12(15)16/h4-6H,1,7H2,2-3H3,(H,15,16). The van der Waals surface area contributed by atoms with E-state index in [0.29, 0.717) is 12.2 Å². The molecule has 0 aliphatic rings. The van der Waals surface area contributed by atoms with Crippen LogP contribution in [0.2, 0.25) is 0 Å². The molecule has 0 spiro atoms. The summed E-state index contributed by atoms with van der Waals surface area (Å²) in [6, 6.07) is 3.73. The van der Waals surface area contributed by atoms with Crippen LogP contribution in [-0.2, 0) is 0 Å². The van der Waals surface area contributed by atoms with Crippen molar-refractivity contribution in [3.8, 4) is 0 Å². The molecule has 4 heteroatoms. The summed E-state index contributed by atoms with van der Waals surface area (Å²) in [5.41, 5.74) is 1.35. The molecule has 0 aliphatic heterocycles. The van der Waals surface area contributed by atoms with Gasteiger partial charge in [0.05, 0.1) is 11.3 Å². The quantitative estimate of drug-likeness (QED) is 0.797. The van der Waals surface area contributed by atoms with E-state index >= 15 is 0 Å². The fourth-order valence-electron chi connectivity index (χ4n) is 1.50. The van der Waals surface area contributed by atoms with Gasteiger partial charge in [-0.3, -0.25) is 0 Å². The average molecular weight is 223 g/mol. The minimum atomic E-state index is -1.14. The third-order valence-corrected chi connectivity index (χ3v) is 2.11. The van der Waals surface area contributed by atoms with Gasteiger partial charge in [-0.2, -0.15) is 0 Å². The van der Waals surface area contributed by atoms with Crippen LogP contribution in [0.4, 0.5) is 10.1 Å². The number of aromatic carboxylic acids is 1. The number of benzene rings is 1. The van der Waals surface area contributed by atoms with Crippen molar-refractivity contribution < 1.29 is 14.3 Å². The number of likely N-dealkylation sites (N-methyl/N-ethyl adjacent to an activating group) is 1. The third kappa shape index (κ3) is 2.82. The van der Waals surface area contributed by atoms with Crippen LogP contribution in [0, 0.1) is 5.82 Å². The van der Waals surface area contributed by atoms with Crippen LogP contribution in [0.5, 0.6) is 0 Å². The van der Waals surface area contributed by atoms with Crippen LogP contribution in [0.15, 0.2) is 30.4 Å². The van der Waals surface area contributed by atoms with E-state index in [1.165, 1.54) is 12.1 Å². The van der Waals surface area contributed by atoms with Gasteiger partial charge in [0.2, 0.25) is 0 Å². The van der Waals surface area contributed by atoms with Gasteiger partial charge >= 0.3 is 5.97 Å². The summed E-state index contributed by atoms with van der Waals surface area (Å²) < 4.78 is 12.9.